The first-order valence-electron chi connectivity index (χ1n) is 9.27. The summed E-state index contributed by atoms with van der Waals surface area (Å²) in [5.74, 6) is 2.17. The number of para-hydroxylation sites is 1. The van der Waals surface area contributed by atoms with Gasteiger partial charge in [0, 0.05) is 11.8 Å². The molecule has 7 nitrogen and oxygen atoms in total. The summed E-state index contributed by atoms with van der Waals surface area (Å²) in [5, 5.41) is 12.2. The third-order valence-electron chi connectivity index (χ3n) is 4.43. The highest BCUT2D eigenvalue weighted by atomic mass is 32.2. The van der Waals surface area contributed by atoms with Crippen LogP contribution in [0.3, 0.4) is 0 Å². The highest BCUT2D eigenvalue weighted by Gasteiger charge is 2.20. The Hall–Kier alpha value is -3.52. The van der Waals surface area contributed by atoms with Crippen molar-refractivity contribution in [3.8, 4) is 22.8 Å². The molecule has 0 saturated heterocycles. The van der Waals surface area contributed by atoms with Crippen molar-refractivity contribution in [2.45, 2.75) is 12.1 Å². The van der Waals surface area contributed by atoms with Gasteiger partial charge in [0.15, 0.2) is 11.0 Å². The number of methoxy groups -OCH3 is 1. The maximum absolute atomic E-state index is 12.4. The van der Waals surface area contributed by atoms with Crippen molar-refractivity contribution in [2.75, 3.05) is 18.2 Å². The number of thioether (sulfide) groups is 1. The average molecular weight is 420 g/mol. The van der Waals surface area contributed by atoms with Gasteiger partial charge in [-0.15, -0.1) is 10.2 Å². The largest absolute Gasteiger partial charge is 0.497 e. The van der Waals surface area contributed by atoms with Gasteiger partial charge in [-0.2, -0.15) is 0 Å². The Kier molecular flexibility index (Phi) is 5.85. The molecule has 152 valence electrons. The van der Waals surface area contributed by atoms with E-state index in [0.29, 0.717) is 16.7 Å². The summed E-state index contributed by atoms with van der Waals surface area (Å²) in [6.07, 6.45) is 1.62. The molecule has 0 spiro atoms. The number of benzene rings is 2. The lowest BCUT2D eigenvalue weighted by Crippen LogP contribution is -2.14. The van der Waals surface area contributed by atoms with Crippen LogP contribution < -0.4 is 10.1 Å². The van der Waals surface area contributed by atoms with Crippen LogP contribution in [0.25, 0.3) is 17.1 Å². The van der Waals surface area contributed by atoms with Crippen LogP contribution in [-0.4, -0.2) is 33.5 Å². The molecule has 0 saturated carbocycles. The Bertz CT molecular complexity index is 1150. The Morgan fingerprint density at radius 2 is 1.97 bits per heavy atom. The molecule has 0 bridgehead atoms. The zero-order chi connectivity index (χ0) is 20.9. The number of carbonyl (C=O) groups is 1. The van der Waals surface area contributed by atoms with E-state index in [1.165, 1.54) is 11.8 Å². The lowest BCUT2D eigenvalue weighted by molar-refractivity contribution is -0.113. The van der Waals surface area contributed by atoms with E-state index < -0.39 is 0 Å². The van der Waals surface area contributed by atoms with Crippen LogP contribution in [0.2, 0.25) is 0 Å². The minimum absolute atomic E-state index is 0.118. The van der Waals surface area contributed by atoms with E-state index in [-0.39, 0.29) is 11.7 Å². The van der Waals surface area contributed by atoms with Crippen molar-refractivity contribution < 1.29 is 13.9 Å². The fourth-order valence-corrected chi connectivity index (χ4v) is 3.74. The van der Waals surface area contributed by atoms with Gasteiger partial charge >= 0.3 is 0 Å². The molecule has 2 heterocycles. The predicted molar refractivity (Wildman–Crippen MR) is 116 cm³/mol. The third kappa shape index (κ3) is 4.23. The lowest BCUT2D eigenvalue weighted by atomic mass is 10.2. The standard InChI is InChI=1S/C22H20N4O3S/c1-15-19(11-12-29-15)21-24-25-22(26(21)17-9-6-10-18(13-17)28-2)30-14-20(27)23-16-7-4-3-5-8-16/h3-13H,14H2,1-2H3,(H,23,27). The van der Waals surface area contributed by atoms with Crippen molar-refractivity contribution in [1.82, 2.24) is 14.8 Å². The summed E-state index contributed by atoms with van der Waals surface area (Å²) in [4.78, 5) is 12.4. The van der Waals surface area contributed by atoms with E-state index in [0.717, 1.165) is 22.7 Å². The second kappa shape index (κ2) is 8.87. The van der Waals surface area contributed by atoms with Crippen molar-refractivity contribution in [3.05, 3.63) is 72.7 Å². The fourth-order valence-electron chi connectivity index (χ4n) is 2.99. The molecule has 0 atom stereocenters. The molecule has 0 aliphatic heterocycles. The summed E-state index contributed by atoms with van der Waals surface area (Å²) >= 11 is 1.31. The van der Waals surface area contributed by atoms with Crippen molar-refractivity contribution >= 4 is 23.4 Å². The van der Waals surface area contributed by atoms with E-state index >= 15 is 0 Å². The molecule has 1 amide bonds. The van der Waals surface area contributed by atoms with Gasteiger partial charge in [-0.3, -0.25) is 9.36 Å². The summed E-state index contributed by atoms with van der Waals surface area (Å²) in [7, 11) is 1.62. The number of furan rings is 1. The van der Waals surface area contributed by atoms with E-state index in [1.54, 1.807) is 13.4 Å². The molecular formula is C22H20N4O3S. The molecule has 30 heavy (non-hydrogen) atoms. The average Bonchev–Trinajstić information content (AvgIpc) is 3.38. The molecular weight excluding hydrogens is 400 g/mol. The van der Waals surface area contributed by atoms with Crippen LogP contribution in [0.5, 0.6) is 5.75 Å². The minimum Gasteiger partial charge on any atom is -0.497 e. The molecule has 0 aliphatic carbocycles. The molecule has 2 aromatic heterocycles. The molecule has 0 fully saturated rings. The first kappa shape index (κ1) is 19.8. The van der Waals surface area contributed by atoms with E-state index in [9.17, 15) is 4.79 Å². The summed E-state index contributed by atoms with van der Waals surface area (Å²) in [5.41, 5.74) is 2.43. The van der Waals surface area contributed by atoms with E-state index in [1.807, 2.05) is 72.2 Å². The molecule has 0 unspecified atom stereocenters. The molecule has 0 radical (unpaired) electrons. The Labute approximate surface area is 178 Å². The van der Waals surface area contributed by atoms with Crippen LogP contribution in [0.4, 0.5) is 5.69 Å². The van der Waals surface area contributed by atoms with Gasteiger partial charge in [0.1, 0.15) is 11.5 Å². The fraction of sp³-hybridized carbons (Fsp3) is 0.136. The quantitative estimate of drug-likeness (QED) is 0.441. The second-order valence-corrected chi connectivity index (χ2v) is 7.38. The topological polar surface area (TPSA) is 82.2 Å². The Morgan fingerprint density at radius 3 is 2.70 bits per heavy atom. The maximum atomic E-state index is 12.4. The lowest BCUT2D eigenvalue weighted by Gasteiger charge is -2.11. The summed E-state index contributed by atoms with van der Waals surface area (Å²) in [6.45, 7) is 1.88. The number of nitrogens with zero attached hydrogens (tertiary/aromatic N) is 3. The van der Waals surface area contributed by atoms with Crippen molar-refractivity contribution in [1.29, 1.82) is 0 Å². The van der Waals surface area contributed by atoms with E-state index in [4.69, 9.17) is 9.15 Å². The number of aryl methyl sites for hydroxylation is 1. The Morgan fingerprint density at radius 1 is 1.13 bits per heavy atom. The third-order valence-corrected chi connectivity index (χ3v) is 5.36. The zero-order valence-electron chi connectivity index (χ0n) is 16.5. The predicted octanol–water partition coefficient (Wildman–Crippen LogP) is 4.58. The molecule has 4 rings (SSSR count). The molecule has 1 N–H and O–H groups in total. The van der Waals surface area contributed by atoms with Gasteiger partial charge < -0.3 is 14.5 Å². The maximum Gasteiger partial charge on any atom is 0.234 e. The number of nitrogens with one attached hydrogen (secondary N) is 1. The van der Waals surface area contributed by atoms with Gasteiger partial charge in [0.2, 0.25) is 5.91 Å². The minimum atomic E-state index is -0.118. The highest BCUT2D eigenvalue weighted by Crippen LogP contribution is 2.31. The first-order chi connectivity index (χ1) is 14.7. The van der Waals surface area contributed by atoms with Crippen LogP contribution in [0, 0.1) is 6.92 Å². The number of hydrogen-bond acceptors (Lipinski definition) is 6. The number of anilines is 1. The highest BCUT2D eigenvalue weighted by molar-refractivity contribution is 7.99. The van der Waals surface area contributed by atoms with Crippen molar-refractivity contribution in [3.63, 3.8) is 0 Å². The van der Waals surface area contributed by atoms with E-state index in [2.05, 4.69) is 15.5 Å². The molecule has 0 aliphatic rings. The van der Waals surface area contributed by atoms with Gasteiger partial charge in [-0.05, 0) is 37.3 Å². The SMILES string of the molecule is COc1cccc(-n2c(SCC(=O)Nc3ccccc3)nnc2-c2ccoc2C)c1. The summed E-state index contributed by atoms with van der Waals surface area (Å²) in [6, 6.07) is 18.8. The van der Waals surface area contributed by atoms with Gasteiger partial charge in [0.05, 0.1) is 30.4 Å². The number of amides is 1. The van der Waals surface area contributed by atoms with Crippen LogP contribution in [0.15, 0.2) is 76.5 Å². The number of aromatic nitrogens is 3. The van der Waals surface area contributed by atoms with Crippen LogP contribution >= 0.6 is 11.8 Å². The van der Waals surface area contributed by atoms with Gasteiger partial charge in [-0.25, -0.2) is 0 Å². The molecule has 4 aromatic rings. The van der Waals surface area contributed by atoms with Crippen molar-refractivity contribution in [2.24, 2.45) is 0 Å². The first-order valence-corrected chi connectivity index (χ1v) is 10.3. The Balaban J connectivity index is 1.63. The van der Waals surface area contributed by atoms with Crippen LogP contribution in [-0.2, 0) is 4.79 Å². The monoisotopic (exact) mass is 420 g/mol. The smallest absolute Gasteiger partial charge is 0.234 e. The zero-order valence-corrected chi connectivity index (χ0v) is 17.3. The molecule has 2 aromatic carbocycles. The van der Waals surface area contributed by atoms with Crippen LogP contribution in [0.1, 0.15) is 5.76 Å². The van der Waals surface area contributed by atoms with Gasteiger partial charge in [-0.1, -0.05) is 36.0 Å². The number of hydrogen-bond donors (Lipinski definition) is 1. The van der Waals surface area contributed by atoms with Gasteiger partial charge in [0.25, 0.3) is 0 Å². The normalized spacial score (nSPS) is 10.7. The number of ether oxygens (including phenoxy) is 1. The molecule has 8 heteroatoms. The number of carbonyl (C=O) groups excluding carboxylic acids is 1. The number of rotatable bonds is 7. The second-order valence-electron chi connectivity index (χ2n) is 6.44. The summed E-state index contributed by atoms with van der Waals surface area (Å²) < 4.78 is 12.7.